The van der Waals surface area contributed by atoms with E-state index in [1.165, 1.54) is 11.1 Å². The SMILES string of the molecule is CC(=O)C(CCO)CCc1ccc2c(c1)CCO2. The van der Waals surface area contributed by atoms with Crippen LogP contribution in [0.1, 0.15) is 30.9 Å². The summed E-state index contributed by atoms with van der Waals surface area (Å²) >= 11 is 0. The van der Waals surface area contributed by atoms with Crippen LogP contribution in [0.25, 0.3) is 0 Å². The third-order valence-corrected chi connectivity index (χ3v) is 3.59. The molecule has 0 aliphatic carbocycles. The van der Waals surface area contributed by atoms with Gasteiger partial charge in [-0.3, -0.25) is 4.79 Å². The molecule has 1 aromatic rings. The number of ether oxygens (including phenoxy) is 1. The monoisotopic (exact) mass is 248 g/mol. The van der Waals surface area contributed by atoms with Gasteiger partial charge in [0.25, 0.3) is 0 Å². The van der Waals surface area contributed by atoms with Crippen molar-refractivity contribution < 1.29 is 14.6 Å². The molecule has 1 aliphatic heterocycles. The second kappa shape index (κ2) is 6.01. The zero-order chi connectivity index (χ0) is 13.0. The van der Waals surface area contributed by atoms with Crippen molar-refractivity contribution >= 4 is 5.78 Å². The van der Waals surface area contributed by atoms with Gasteiger partial charge in [0.05, 0.1) is 6.61 Å². The molecule has 2 rings (SSSR count). The van der Waals surface area contributed by atoms with Crippen LogP contribution in [0.4, 0.5) is 0 Å². The predicted molar refractivity (Wildman–Crippen MR) is 69.8 cm³/mol. The van der Waals surface area contributed by atoms with Crippen LogP contribution in [0.3, 0.4) is 0 Å². The molecule has 3 heteroatoms. The fourth-order valence-electron chi connectivity index (χ4n) is 2.44. The molecule has 1 N–H and O–H groups in total. The maximum Gasteiger partial charge on any atom is 0.133 e. The number of aryl methyl sites for hydroxylation is 1. The minimum Gasteiger partial charge on any atom is -0.493 e. The first kappa shape index (κ1) is 13.1. The lowest BCUT2D eigenvalue weighted by molar-refractivity contribution is -0.121. The van der Waals surface area contributed by atoms with E-state index in [9.17, 15) is 4.79 Å². The van der Waals surface area contributed by atoms with E-state index < -0.39 is 0 Å². The van der Waals surface area contributed by atoms with Crippen LogP contribution in [-0.4, -0.2) is 24.1 Å². The van der Waals surface area contributed by atoms with Gasteiger partial charge in [-0.15, -0.1) is 0 Å². The van der Waals surface area contributed by atoms with Gasteiger partial charge in [-0.1, -0.05) is 12.1 Å². The van der Waals surface area contributed by atoms with Gasteiger partial charge in [-0.05, 0) is 43.4 Å². The summed E-state index contributed by atoms with van der Waals surface area (Å²) in [6.45, 7) is 2.47. The first-order valence-corrected chi connectivity index (χ1v) is 6.56. The van der Waals surface area contributed by atoms with Gasteiger partial charge in [0.15, 0.2) is 0 Å². The fraction of sp³-hybridized carbons (Fsp3) is 0.533. The molecule has 1 unspecified atom stereocenters. The van der Waals surface area contributed by atoms with Gasteiger partial charge in [0.1, 0.15) is 11.5 Å². The van der Waals surface area contributed by atoms with Crippen molar-refractivity contribution in [1.29, 1.82) is 0 Å². The fourth-order valence-corrected chi connectivity index (χ4v) is 2.44. The lowest BCUT2D eigenvalue weighted by atomic mass is 9.93. The van der Waals surface area contributed by atoms with Gasteiger partial charge in [-0.25, -0.2) is 0 Å². The Bertz CT molecular complexity index is 426. The molecule has 18 heavy (non-hydrogen) atoms. The number of fused-ring (bicyclic) bond motifs is 1. The van der Waals surface area contributed by atoms with Gasteiger partial charge >= 0.3 is 0 Å². The molecule has 1 atom stereocenters. The van der Waals surface area contributed by atoms with E-state index in [-0.39, 0.29) is 18.3 Å². The summed E-state index contributed by atoms with van der Waals surface area (Å²) in [5.41, 5.74) is 2.53. The first-order valence-electron chi connectivity index (χ1n) is 6.56. The molecule has 0 bridgehead atoms. The Morgan fingerprint density at radius 1 is 1.44 bits per heavy atom. The van der Waals surface area contributed by atoms with E-state index in [0.717, 1.165) is 31.6 Å². The largest absolute Gasteiger partial charge is 0.493 e. The van der Waals surface area contributed by atoms with Crippen LogP contribution in [0.2, 0.25) is 0 Å². The number of Topliss-reactive ketones (excluding diaryl/α,β-unsaturated/α-hetero) is 1. The predicted octanol–water partition coefficient (Wildman–Crippen LogP) is 2.14. The molecule has 0 saturated heterocycles. The highest BCUT2D eigenvalue weighted by Gasteiger charge is 2.15. The zero-order valence-electron chi connectivity index (χ0n) is 10.8. The standard InChI is InChI=1S/C15H20O3/c1-11(17)13(6-8-16)4-2-12-3-5-15-14(10-12)7-9-18-15/h3,5,10,13,16H,2,4,6-9H2,1H3. The second-order valence-corrected chi connectivity index (χ2v) is 4.90. The highest BCUT2D eigenvalue weighted by Crippen LogP contribution is 2.26. The average molecular weight is 248 g/mol. The lowest BCUT2D eigenvalue weighted by Crippen LogP contribution is -2.13. The van der Waals surface area contributed by atoms with E-state index in [1.807, 2.05) is 6.07 Å². The van der Waals surface area contributed by atoms with Crippen molar-refractivity contribution in [2.45, 2.75) is 32.6 Å². The Labute approximate surface area is 108 Å². The smallest absolute Gasteiger partial charge is 0.133 e. The van der Waals surface area contributed by atoms with Crippen molar-refractivity contribution in [3.05, 3.63) is 29.3 Å². The number of aliphatic hydroxyl groups excluding tert-OH is 1. The Kier molecular flexibility index (Phi) is 4.37. The van der Waals surface area contributed by atoms with Crippen molar-refractivity contribution in [3.63, 3.8) is 0 Å². The second-order valence-electron chi connectivity index (χ2n) is 4.90. The third-order valence-electron chi connectivity index (χ3n) is 3.59. The Morgan fingerprint density at radius 2 is 2.28 bits per heavy atom. The van der Waals surface area contributed by atoms with Crippen LogP contribution in [0.5, 0.6) is 5.75 Å². The molecule has 0 radical (unpaired) electrons. The molecule has 0 spiro atoms. The Morgan fingerprint density at radius 3 is 3.00 bits per heavy atom. The average Bonchev–Trinajstić information content (AvgIpc) is 2.81. The number of benzene rings is 1. The lowest BCUT2D eigenvalue weighted by Gasteiger charge is -2.12. The number of hydrogen-bond donors (Lipinski definition) is 1. The van der Waals surface area contributed by atoms with Crippen LogP contribution < -0.4 is 4.74 Å². The van der Waals surface area contributed by atoms with Crippen LogP contribution in [-0.2, 0) is 17.6 Å². The summed E-state index contributed by atoms with van der Waals surface area (Å²) in [6, 6.07) is 6.27. The number of carbonyl (C=O) groups excluding carboxylic acids is 1. The minimum absolute atomic E-state index is 0.0143. The normalized spacial score (nSPS) is 15.0. The summed E-state index contributed by atoms with van der Waals surface area (Å²) in [4.78, 5) is 11.4. The third kappa shape index (κ3) is 3.10. The molecule has 0 aromatic heterocycles. The van der Waals surface area contributed by atoms with Crippen LogP contribution in [0, 0.1) is 5.92 Å². The molecule has 1 aromatic carbocycles. The number of hydrogen-bond acceptors (Lipinski definition) is 3. The number of carbonyl (C=O) groups is 1. The van der Waals surface area contributed by atoms with E-state index in [0.29, 0.717) is 6.42 Å². The maximum atomic E-state index is 11.4. The summed E-state index contributed by atoms with van der Waals surface area (Å²) < 4.78 is 5.47. The molecule has 0 saturated carbocycles. The van der Waals surface area contributed by atoms with E-state index in [4.69, 9.17) is 9.84 Å². The van der Waals surface area contributed by atoms with Crippen molar-refractivity contribution in [2.24, 2.45) is 5.92 Å². The Hall–Kier alpha value is -1.35. The van der Waals surface area contributed by atoms with Crippen molar-refractivity contribution in [1.82, 2.24) is 0 Å². The summed E-state index contributed by atoms with van der Waals surface area (Å²) in [5, 5.41) is 8.94. The van der Waals surface area contributed by atoms with Crippen LogP contribution in [0.15, 0.2) is 18.2 Å². The molecule has 3 nitrogen and oxygen atoms in total. The molecule has 1 heterocycles. The van der Waals surface area contributed by atoms with E-state index >= 15 is 0 Å². The highest BCUT2D eigenvalue weighted by molar-refractivity contribution is 5.78. The minimum atomic E-state index is -0.0143. The van der Waals surface area contributed by atoms with Crippen molar-refractivity contribution in [2.75, 3.05) is 13.2 Å². The number of aliphatic hydroxyl groups is 1. The van der Waals surface area contributed by atoms with Gasteiger partial charge in [0.2, 0.25) is 0 Å². The van der Waals surface area contributed by atoms with E-state index in [1.54, 1.807) is 6.92 Å². The first-order chi connectivity index (χ1) is 8.70. The number of rotatable bonds is 6. The summed E-state index contributed by atoms with van der Waals surface area (Å²) in [7, 11) is 0. The number of ketones is 1. The van der Waals surface area contributed by atoms with Gasteiger partial charge < -0.3 is 9.84 Å². The summed E-state index contributed by atoms with van der Waals surface area (Å²) in [5.74, 6) is 1.16. The van der Waals surface area contributed by atoms with E-state index in [2.05, 4.69) is 12.1 Å². The maximum absolute atomic E-state index is 11.4. The zero-order valence-corrected chi connectivity index (χ0v) is 10.8. The molecule has 98 valence electrons. The molecule has 1 aliphatic rings. The van der Waals surface area contributed by atoms with Gasteiger partial charge in [-0.2, -0.15) is 0 Å². The van der Waals surface area contributed by atoms with Crippen molar-refractivity contribution in [3.8, 4) is 5.75 Å². The van der Waals surface area contributed by atoms with Gasteiger partial charge in [0, 0.05) is 18.9 Å². The summed E-state index contributed by atoms with van der Waals surface area (Å²) in [6.07, 6.45) is 3.26. The highest BCUT2D eigenvalue weighted by atomic mass is 16.5. The Balaban J connectivity index is 1.95. The molecular formula is C15H20O3. The molecule has 0 amide bonds. The van der Waals surface area contributed by atoms with Crippen LogP contribution >= 0.6 is 0 Å². The topological polar surface area (TPSA) is 46.5 Å². The quantitative estimate of drug-likeness (QED) is 0.839. The molecule has 0 fully saturated rings. The molecular weight excluding hydrogens is 228 g/mol.